The van der Waals surface area contributed by atoms with Crippen LogP contribution >= 0.6 is 0 Å². The molecule has 0 radical (unpaired) electrons. The number of hydrogen-bond donors (Lipinski definition) is 3. The highest BCUT2D eigenvalue weighted by atomic mass is 16.2. The Bertz CT molecular complexity index is 537. The molecule has 0 aliphatic carbocycles. The maximum Gasteiger partial charge on any atom is 0.249 e. The van der Waals surface area contributed by atoms with Gasteiger partial charge >= 0.3 is 0 Å². The van der Waals surface area contributed by atoms with Gasteiger partial charge in [-0.1, -0.05) is 0 Å². The first-order valence-corrected chi connectivity index (χ1v) is 7.71. The Morgan fingerprint density at radius 3 is 2.43 bits per heavy atom. The summed E-state index contributed by atoms with van der Waals surface area (Å²) in [6.45, 7) is 0.692. The fourth-order valence-electron chi connectivity index (χ4n) is 3.47. The first-order chi connectivity index (χ1) is 10.8. The summed E-state index contributed by atoms with van der Waals surface area (Å²) >= 11 is 0. The van der Waals surface area contributed by atoms with E-state index in [0.29, 0.717) is 32.4 Å². The Kier molecular flexibility index (Phi) is 4.88. The lowest BCUT2D eigenvalue weighted by atomic mass is 9.93. The molecule has 2 saturated heterocycles. The van der Waals surface area contributed by atoms with Crippen LogP contribution < -0.4 is 17.2 Å². The van der Waals surface area contributed by atoms with Crippen LogP contribution in [0, 0.1) is 0 Å². The van der Waals surface area contributed by atoms with Crippen LogP contribution in [0.4, 0.5) is 0 Å². The van der Waals surface area contributed by atoms with Crippen molar-refractivity contribution in [3.05, 3.63) is 0 Å². The summed E-state index contributed by atoms with van der Waals surface area (Å²) in [4.78, 5) is 50.1. The number of carbonyl (C=O) groups is 4. The van der Waals surface area contributed by atoms with E-state index in [0.717, 1.165) is 0 Å². The van der Waals surface area contributed by atoms with E-state index in [4.69, 9.17) is 17.2 Å². The predicted molar refractivity (Wildman–Crippen MR) is 80.5 cm³/mol. The fourth-order valence-corrected chi connectivity index (χ4v) is 3.47. The second kappa shape index (κ2) is 6.53. The van der Waals surface area contributed by atoms with Gasteiger partial charge in [0.15, 0.2) is 0 Å². The number of nitrogens with zero attached hydrogens (tertiary/aromatic N) is 2. The van der Waals surface area contributed by atoms with Gasteiger partial charge in [0.05, 0.1) is 12.6 Å². The van der Waals surface area contributed by atoms with Crippen LogP contribution in [0.1, 0.15) is 32.1 Å². The molecule has 9 nitrogen and oxygen atoms in total. The summed E-state index contributed by atoms with van der Waals surface area (Å²) in [5, 5.41) is 0. The Hall–Kier alpha value is -2.16. The molecule has 2 aliphatic rings. The molecular formula is C14H23N5O4. The smallest absolute Gasteiger partial charge is 0.249 e. The van der Waals surface area contributed by atoms with E-state index >= 15 is 0 Å². The molecule has 4 amide bonds. The highest BCUT2D eigenvalue weighted by Gasteiger charge is 2.55. The minimum atomic E-state index is -0.920. The third-order valence-electron chi connectivity index (χ3n) is 4.60. The topological polar surface area (TPSA) is 153 Å². The maximum absolute atomic E-state index is 12.7. The van der Waals surface area contributed by atoms with Crippen LogP contribution in [0.25, 0.3) is 0 Å². The molecule has 23 heavy (non-hydrogen) atoms. The average Bonchev–Trinajstić information content (AvgIpc) is 3.03. The zero-order chi connectivity index (χ0) is 17.2. The van der Waals surface area contributed by atoms with Crippen LogP contribution in [0.2, 0.25) is 0 Å². The normalized spacial score (nSPS) is 25.2. The van der Waals surface area contributed by atoms with Crippen molar-refractivity contribution in [1.29, 1.82) is 0 Å². The molecular weight excluding hydrogens is 302 g/mol. The third-order valence-corrected chi connectivity index (χ3v) is 4.60. The highest BCUT2D eigenvalue weighted by molar-refractivity contribution is 5.96. The van der Waals surface area contributed by atoms with E-state index in [1.807, 2.05) is 0 Å². The Labute approximate surface area is 134 Å². The van der Waals surface area contributed by atoms with Crippen LogP contribution in [0.5, 0.6) is 0 Å². The van der Waals surface area contributed by atoms with E-state index < -0.39 is 23.4 Å². The number of hydrogen-bond acceptors (Lipinski definition) is 5. The van der Waals surface area contributed by atoms with Gasteiger partial charge in [-0.25, -0.2) is 0 Å². The van der Waals surface area contributed by atoms with Crippen LogP contribution in [0.3, 0.4) is 0 Å². The van der Waals surface area contributed by atoms with Gasteiger partial charge in [0, 0.05) is 19.5 Å². The van der Waals surface area contributed by atoms with Crippen molar-refractivity contribution < 1.29 is 19.2 Å². The van der Waals surface area contributed by atoms with Crippen molar-refractivity contribution in [1.82, 2.24) is 9.80 Å². The molecule has 2 fully saturated rings. The van der Waals surface area contributed by atoms with Gasteiger partial charge in [-0.15, -0.1) is 0 Å². The van der Waals surface area contributed by atoms with Crippen LogP contribution in [-0.4, -0.2) is 64.6 Å². The van der Waals surface area contributed by atoms with Crippen molar-refractivity contribution in [2.45, 2.75) is 43.7 Å². The molecule has 0 aromatic carbocycles. The number of carbonyl (C=O) groups excluding carboxylic acids is 4. The highest BCUT2D eigenvalue weighted by Crippen LogP contribution is 2.39. The lowest BCUT2D eigenvalue weighted by molar-refractivity contribution is -0.148. The molecule has 1 spiro atoms. The van der Waals surface area contributed by atoms with Gasteiger partial charge in [-0.2, -0.15) is 0 Å². The predicted octanol–water partition coefficient (Wildman–Crippen LogP) is -2.34. The minimum Gasteiger partial charge on any atom is -0.370 e. The Morgan fingerprint density at radius 2 is 1.83 bits per heavy atom. The summed E-state index contributed by atoms with van der Waals surface area (Å²) in [6, 6.07) is -0.865. The van der Waals surface area contributed by atoms with Gasteiger partial charge in [-0.3, -0.25) is 19.2 Å². The van der Waals surface area contributed by atoms with Crippen molar-refractivity contribution in [3.63, 3.8) is 0 Å². The molecule has 0 saturated carbocycles. The van der Waals surface area contributed by atoms with Crippen LogP contribution in [0.15, 0.2) is 0 Å². The van der Waals surface area contributed by atoms with E-state index in [9.17, 15) is 19.2 Å². The summed E-state index contributed by atoms with van der Waals surface area (Å²) in [5.41, 5.74) is 15.2. The van der Waals surface area contributed by atoms with E-state index in [2.05, 4.69) is 0 Å². The minimum absolute atomic E-state index is 0.0233. The van der Waals surface area contributed by atoms with Gasteiger partial charge in [0.1, 0.15) is 5.54 Å². The number of nitrogens with two attached hydrogens (primary N) is 3. The maximum atomic E-state index is 12.7. The second-order valence-corrected chi connectivity index (χ2v) is 6.18. The quantitative estimate of drug-likeness (QED) is 0.499. The van der Waals surface area contributed by atoms with Gasteiger partial charge in [0.25, 0.3) is 0 Å². The number of amides is 4. The molecule has 1 unspecified atom stereocenters. The Morgan fingerprint density at radius 1 is 1.13 bits per heavy atom. The molecule has 0 bridgehead atoms. The fraction of sp³-hybridized carbons (Fsp3) is 0.714. The average molecular weight is 325 g/mol. The Balaban J connectivity index is 2.10. The van der Waals surface area contributed by atoms with Crippen molar-refractivity contribution in [2.75, 3.05) is 19.6 Å². The van der Waals surface area contributed by atoms with E-state index in [-0.39, 0.29) is 31.2 Å². The molecule has 6 N–H and O–H groups in total. The second-order valence-electron chi connectivity index (χ2n) is 6.18. The standard InChI is InChI=1S/C14H23N5O4/c15-9(2-3-10(16)20)12(22)19-6-1-4-14(19)5-7-18(13(14)23)8-11(17)21/h9H,1-8,15H2,(H2,16,20)(H2,17,21)/t9-,14?/m0/s1. The largest absolute Gasteiger partial charge is 0.370 e. The lowest BCUT2D eigenvalue weighted by Gasteiger charge is -2.35. The van der Waals surface area contributed by atoms with Crippen molar-refractivity contribution in [3.8, 4) is 0 Å². The van der Waals surface area contributed by atoms with Gasteiger partial charge in [-0.05, 0) is 25.7 Å². The molecule has 0 aromatic heterocycles. The SMILES string of the molecule is NC(=O)CC[C@H](N)C(=O)N1CCCC12CCN(CC(N)=O)C2=O. The summed E-state index contributed by atoms with van der Waals surface area (Å²) < 4.78 is 0. The molecule has 2 rings (SSSR count). The zero-order valence-corrected chi connectivity index (χ0v) is 13.0. The molecule has 128 valence electrons. The molecule has 2 aliphatic heterocycles. The van der Waals surface area contributed by atoms with E-state index in [1.54, 1.807) is 0 Å². The van der Waals surface area contributed by atoms with E-state index in [1.165, 1.54) is 9.80 Å². The van der Waals surface area contributed by atoms with Crippen molar-refractivity contribution in [2.24, 2.45) is 17.2 Å². The molecule has 2 atom stereocenters. The summed E-state index contributed by atoms with van der Waals surface area (Å²) in [7, 11) is 0. The van der Waals surface area contributed by atoms with Crippen molar-refractivity contribution >= 4 is 23.6 Å². The van der Waals surface area contributed by atoms with Crippen LogP contribution in [-0.2, 0) is 19.2 Å². The lowest BCUT2D eigenvalue weighted by Crippen LogP contribution is -2.57. The van der Waals surface area contributed by atoms with Gasteiger partial charge < -0.3 is 27.0 Å². The molecule has 2 heterocycles. The first kappa shape index (κ1) is 17.2. The zero-order valence-electron chi connectivity index (χ0n) is 13.0. The first-order valence-electron chi connectivity index (χ1n) is 7.71. The number of likely N-dealkylation sites (tertiary alicyclic amines) is 2. The summed E-state index contributed by atoms with van der Waals surface area (Å²) in [5.74, 6) is -1.69. The monoisotopic (exact) mass is 325 g/mol. The molecule has 0 aromatic rings. The number of rotatable bonds is 6. The molecule has 9 heteroatoms. The van der Waals surface area contributed by atoms with Gasteiger partial charge in [0.2, 0.25) is 23.6 Å². The number of primary amides is 2. The third kappa shape index (κ3) is 3.29. The summed E-state index contributed by atoms with van der Waals surface area (Å²) in [6.07, 6.45) is 1.89.